The summed E-state index contributed by atoms with van der Waals surface area (Å²) in [6.45, 7) is 4.91. The molecular formula is C15H24N2. The number of nitrogens with one attached hydrogen (secondary N) is 1. The lowest BCUT2D eigenvalue weighted by molar-refractivity contribution is 0.343. The number of hydrogen-bond acceptors (Lipinski definition) is 2. The maximum Gasteiger partial charge on any atom is 0.00218 e. The van der Waals surface area contributed by atoms with Crippen molar-refractivity contribution in [3.8, 4) is 0 Å². The molecule has 1 aromatic carbocycles. The Labute approximate surface area is 105 Å². The van der Waals surface area contributed by atoms with Gasteiger partial charge in [-0.05, 0) is 63.5 Å². The van der Waals surface area contributed by atoms with Gasteiger partial charge in [0.1, 0.15) is 0 Å². The van der Waals surface area contributed by atoms with E-state index in [0.29, 0.717) is 0 Å². The Balaban J connectivity index is 1.76. The molecule has 1 aliphatic heterocycles. The van der Waals surface area contributed by atoms with Gasteiger partial charge in [-0.1, -0.05) is 24.3 Å². The molecule has 2 rings (SSSR count). The van der Waals surface area contributed by atoms with E-state index in [9.17, 15) is 0 Å². The normalized spacial score (nSPS) is 16.5. The van der Waals surface area contributed by atoms with Crippen LogP contribution in [0.25, 0.3) is 0 Å². The highest BCUT2D eigenvalue weighted by Gasteiger charge is 2.10. The van der Waals surface area contributed by atoms with Gasteiger partial charge < -0.3 is 10.2 Å². The molecule has 1 heterocycles. The first-order valence-electron chi connectivity index (χ1n) is 6.83. The summed E-state index contributed by atoms with van der Waals surface area (Å²) in [7, 11) is 2.00. The maximum atomic E-state index is 3.19. The fourth-order valence-corrected chi connectivity index (χ4v) is 2.44. The Morgan fingerprint density at radius 1 is 1.00 bits per heavy atom. The van der Waals surface area contributed by atoms with E-state index < -0.39 is 0 Å². The lowest BCUT2D eigenvalue weighted by Gasteiger charge is -2.14. The van der Waals surface area contributed by atoms with Gasteiger partial charge in [0.25, 0.3) is 0 Å². The van der Waals surface area contributed by atoms with Gasteiger partial charge in [0.15, 0.2) is 0 Å². The van der Waals surface area contributed by atoms with Crippen molar-refractivity contribution in [3.63, 3.8) is 0 Å². The second kappa shape index (κ2) is 6.77. The summed E-state index contributed by atoms with van der Waals surface area (Å²) in [5.41, 5.74) is 2.91. The molecule has 0 aromatic heterocycles. The van der Waals surface area contributed by atoms with Crippen LogP contribution in [0.1, 0.15) is 24.0 Å². The number of rotatable bonds is 6. The first-order chi connectivity index (χ1) is 8.38. The van der Waals surface area contributed by atoms with Gasteiger partial charge in [0.05, 0.1) is 0 Å². The van der Waals surface area contributed by atoms with Gasteiger partial charge in [-0.25, -0.2) is 0 Å². The van der Waals surface area contributed by atoms with Crippen molar-refractivity contribution in [2.24, 2.45) is 0 Å². The van der Waals surface area contributed by atoms with Crippen LogP contribution in [0.15, 0.2) is 24.3 Å². The van der Waals surface area contributed by atoms with Gasteiger partial charge in [-0.15, -0.1) is 0 Å². The summed E-state index contributed by atoms with van der Waals surface area (Å²) >= 11 is 0. The van der Waals surface area contributed by atoms with Crippen LogP contribution in [0.2, 0.25) is 0 Å². The second-order valence-corrected chi connectivity index (χ2v) is 4.97. The summed E-state index contributed by atoms with van der Waals surface area (Å²) < 4.78 is 0. The number of benzene rings is 1. The maximum absolute atomic E-state index is 3.19. The van der Waals surface area contributed by atoms with Crippen molar-refractivity contribution in [3.05, 3.63) is 35.4 Å². The summed E-state index contributed by atoms with van der Waals surface area (Å²) in [6.07, 6.45) is 5.11. The molecule has 2 heteroatoms. The third-order valence-electron chi connectivity index (χ3n) is 3.60. The summed E-state index contributed by atoms with van der Waals surface area (Å²) in [4.78, 5) is 2.58. The molecule has 0 spiro atoms. The van der Waals surface area contributed by atoms with Crippen LogP contribution in [0.4, 0.5) is 0 Å². The van der Waals surface area contributed by atoms with E-state index in [1.807, 2.05) is 7.05 Å². The lowest BCUT2D eigenvalue weighted by Crippen LogP contribution is -2.21. The average molecular weight is 232 g/mol. The molecule has 0 amide bonds. The van der Waals surface area contributed by atoms with E-state index in [1.54, 1.807) is 0 Å². The zero-order valence-corrected chi connectivity index (χ0v) is 10.9. The number of nitrogens with zero attached hydrogens (tertiary/aromatic N) is 1. The predicted molar refractivity (Wildman–Crippen MR) is 73.5 cm³/mol. The quantitative estimate of drug-likeness (QED) is 0.808. The third-order valence-corrected chi connectivity index (χ3v) is 3.60. The zero-order chi connectivity index (χ0) is 11.9. The second-order valence-electron chi connectivity index (χ2n) is 4.97. The molecule has 17 heavy (non-hydrogen) atoms. The smallest absolute Gasteiger partial charge is 0.00218 e. The Hall–Kier alpha value is -0.860. The summed E-state index contributed by atoms with van der Waals surface area (Å²) in [6, 6.07) is 9.13. The molecule has 94 valence electrons. The first-order valence-corrected chi connectivity index (χ1v) is 6.83. The number of likely N-dealkylation sites (N-methyl/N-ethyl adjacent to an activating group) is 1. The van der Waals surface area contributed by atoms with Gasteiger partial charge in [0, 0.05) is 6.54 Å². The minimum absolute atomic E-state index is 1.06. The van der Waals surface area contributed by atoms with Crippen LogP contribution in [0, 0.1) is 0 Å². The van der Waals surface area contributed by atoms with E-state index in [4.69, 9.17) is 0 Å². The standard InChI is InChI=1S/C15H24N2/c1-16-10-8-14-4-6-15(7-5-14)9-13-17-11-2-3-12-17/h4-7,16H,2-3,8-13H2,1H3. The average Bonchev–Trinajstić information content (AvgIpc) is 2.88. The summed E-state index contributed by atoms with van der Waals surface area (Å²) in [5, 5.41) is 3.19. The van der Waals surface area contributed by atoms with Crippen LogP contribution < -0.4 is 5.32 Å². The van der Waals surface area contributed by atoms with Gasteiger partial charge >= 0.3 is 0 Å². The minimum Gasteiger partial charge on any atom is -0.319 e. The third kappa shape index (κ3) is 4.14. The topological polar surface area (TPSA) is 15.3 Å². The van der Waals surface area contributed by atoms with Gasteiger partial charge in [-0.2, -0.15) is 0 Å². The fraction of sp³-hybridized carbons (Fsp3) is 0.600. The van der Waals surface area contributed by atoms with Crippen LogP contribution in [0.5, 0.6) is 0 Å². The Bertz CT molecular complexity index is 312. The largest absolute Gasteiger partial charge is 0.319 e. The highest BCUT2D eigenvalue weighted by molar-refractivity contribution is 5.23. The van der Waals surface area contributed by atoms with Crippen molar-refractivity contribution in [2.45, 2.75) is 25.7 Å². The van der Waals surface area contributed by atoms with Crippen LogP contribution in [0.3, 0.4) is 0 Å². The molecule has 0 aliphatic carbocycles. The van der Waals surface area contributed by atoms with E-state index >= 15 is 0 Å². The first kappa shape index (κ1) is 12.6. The molecule has 2 nitrogen and oxygen atoms in total. The predicted octanol–water partition coefficient (Wildman–Crippen LogP) is 2.09. The lowest BCUT2D eigenvalue weighted by atomic mass is 10.1. The van der Waals surface area contributed by atoms with Crippen molar-refractivity contribution in [2.75, 3.05) is 33.2 Å². The van der Waals surface area contributed by atoms with Gasteiger partial charge in [0.2, 0.25) is 0 Å². The Morgan fingerprint density at radius 3 is 2.18 bits per heavy atom. The number of likely N-dealkylation sites (tertiary alicyclic amines) is 1. The van der Waals surface area contributed by atoms with Crippen LogP contribution >= 0.6 is 0 Å². The molecule has 1 saturated heterocycles. The minimum atomic E-state index is 1.06. The Morgan fingerprint density at radius 2 is 1.59 bits per heavy atom. The van der Waals surface area contributed by atoms with Crippen molar-refractivity contribution < 1.29 is 0 Å². The molecule has 1 aromatic rings. The molecular weight excluding hydrogens is 208 g/mol. The molecule has 0 unspecified atom stereocenters. The molecule has 0 saturated carbocycles. The van der Waals surface area contributed by atoms with Crippen molar-refractivity contribution in [1.29, 1.82) is 0 Å². The summed E-state index contributed by atoms with van der Waals surface area (Å²) in [5.74, 6) is 0. The van der Waals surface area contributed by atoms with Crippen molar-refractivity contribution >= 4 is 0 Å². The zero-order valence-electron chi connectivity index (χ0n) is 10.9. The molecule has 0 bridgehead atoms. The molecule has 1 aliphatic rings. The van der Waals surface area contributed by atoms with Crippen LogP contribution in [-0.4, -0.2) is 38.1 Å². The van der Waals surface area contributed by atoms with E-state index in [0.717, 1.165) is 13.0 Å². The Kier molecular flexibility index (Phi) is 5.02. The van der Waals surface area contributed by atoms with Gasteiger partial charge in [-0.3, -0.25) is 0 Å². The SMILES string of the molecule is CNCCc1ccc(CCN2CCCC2)cc1. The molecule has 1 N–H and O–H groups in total. The molecule has 1 fully saturated rings. The van der Waals surface area contributed by atoms with E-state index in [1.165, 1.54) is 50.0 Å². The van der Waals surface area contributed by atoms with E-state index in [-0.39, 0.29) is 0 Å². The fourth-order valence-electron chi connectivity index (χ4n) is 2.44. The molecule has 0 atom stereocenters. The number of hydrogen-bond donors (Lipinski definition) is 1. The molecule has 0 radical (unpaired) electrons. The highest BCUT2D eigenvalue weighted by Crippen LogP contribution is 2.10. The van der Waals surface area contributed by atoms with E-state index in [2.05, 4.69) is 34.5 Å². The van der Waals surface area contributed by atoms with Crippen molar-refractivity contribution in [1.82, 2.24) is 10.2 Å². The monoisotopic (exact) mass is 232 g/mol. The highest BCUT2D eigenvalue weighted by atomic mass is 15.1. The van der Waals surface area contributed by atoms with Crippen LogP contribution in [-0.2, 0) is 12.8 Å².